The number of fused-ring (bicyclic) bond motifs is 1. The van der Waals surface area contributed by atoms with Gasteiger partial charge in [0, 0.05) is 14.1 Å². The van der Waals surface area contributed by atoms with Crippen LogP contribution < -0.4 is 24.6 Å². The zero-order chi connectivity index (χ0) is 27.4. The quantitative estimate of drug-likeness (QED) is 0.485. The monoisotopic (exact) mass is 560 g/mol. The molecule has 0 amide bonds. The molecule has 196 valence electrons. The van der Waals surface area contributed by atoms with Gasteiger partial charge in [-0.3, -0.25) is 22.5 Å². The van der Waals surface area contributed by atoms with Crippen LogP contribution in [0.1, 0.15) is 11.1 Å². The third kappa shape index (κ3) is 4.40. The lowest BCUT2D eigenvalue weighted by molar-refractivity contribution is -0.138. The predicted octanol–water partition coefficient (Wildman–Crippen LogP) is 2.91. The summed E-state index contributed by atoms with van der Waals surface area (Å²) in [6, 6.07) is 7.15. The minimum absolute atomic E-state index is 0.0211. The van der Waals surface area contributed by atoms with E-state index in [1.807, 2.05) is 0 Å². The summed E-state index contributed by atoms with van der Waals surface area (Å²) in [5.74, 6) is -0.874. The highest BCUT2D eigenvalue weighted by Crippen LogP contribution is 2.40. The van der Waals surface area contributed by atoms with Crippen molar-refractivity contribution in [3.05, 3.63) is 79.6 Å². The van der Waals surface area contributed by atoms with Crippen LogP contribution in [0.15, 0.2) is 52.2 Å². The Bertz CT molecular complexity index is 1670. The first kappa shape index (κ1) is 26.1. The van der Waals surface area contributed by atoms with E-state index in [2.05, 4.69) is 4.74 Å². The van der Waals surface area contributed by atoms with Gasteiger partial charge < -0.3 is 9.84 Å². The number of aromatic nitrogens is 2. The fourth-order valence-corrected chi connectivity index (χ4v) is 5.33. The fourth-order valence-electron chi connectivity index (χ4n) is 3.87. The SMILES string of the molecule is CN1c2ccc(-n3cc(OC(=O)O)c(=O)n(Cc4cccc(Cl)c4C(F)(F)F)c3=O)cc2N(C)S1(=O)=O. The summed E-state index contributed by atoms with van der Waals surface area (Å²) in [5, 5.41) is 8.37. The third-order valence-corrected chi connectivity index (χ3v) is 7.75. The maximum atomic E-state index is 13.7. The second-order valence-electron chi connectivity index (χ2n) is 7.79. The maximum absolute atomic E-state index is 13.7. The van der Waals surface area contributed by atoms with Crippen LogP contribution in [0.5, 0.6) is 5.75 Å². The Balaban J connectivity index is 1.95. The minimum atomic E-state index is -4.92. The van der Waals surface area contributed by atoms with Crippen LogP contribution in [-0.4, -0.2) is 42.9 Å². The molecule has 0 fully saturated rings. The number of hydrogen-bond acceptors (Lipinski definition) is 6. The topological polar surface area (TPSA) is 131 Å². The first-order valence-electron chi connectivity index (χ1n) is 10.1. The van der Waals surface area contributed by atoms with E-state index in [0.29, 0.717) is 4.57 Å². The van der Waals surface area contributed by atoms with Gasteiger partial charge >= 0.3 is 28.2 Å². The number of anilines is 2. The van der Waals surface area contributed by atoms with E-state index in [-0.39, 0.29) is 17.1 Å². The molecule has 1 aromatic heterocycles. The number of ether oxygens (including phenoxy) is 1. The molecule has 37 heavy (non-hydrogen) atoms. The second kappa shape index (κ2) is 8.85. The summed E-state index contributed by atoms with van der Waals surface area (Å²) in [7, 11) is -1.29. The summed E-state index contributed by atoms with van der Waals surface area (Å²) in [6.07, 6.45) is -6.07. The van der Waals surface area contributed by atoms with Gasteiger partial charge in [0.15, 0.2) is 0 Å². The zero-order valence-electron chi connectivity index (χ0n) is 18.9. The molecular formula is C21H16ClF3N4O7S. The molecule has 0 atom stereocenters. The van der Waals surface area contributed by atoms with Gasteiger partial charge in [0.25, 0.3) is 5.56 Å². The Morgan fingerprint density at radius 1 is 1.08 bits per heavy atom. The second-order valence-corrected chi connectivity index (χ2v) is 10.2. The van der Waals surface area contributed by atoms with Crippen molar-refractivity contribution in [2.75, 3.05) is 22.7 Å². The first-order valence-corrected chi connectivity index (χ1v) is 11.9. The van der Waals surface area contributed by atoms with Gasteiger partial charge in [-0.05, 0) is 29.8 Å². The average Bonchev–Trinajstić information content (AvgIpc) is 2.97. The Hall–Kier alpha value is -3.98. The third-order valence-electron chi connectivity index (χ3n) is 5.66. The molecule has 0 saturated carbocycles. The maximum Gasteiger partial charge on any atom is 0.511 e. The lowest BCUT2D eigenvalue weighted by Gasteiger charge is -2.17. The van der Waals surface area contributed by atoms with E-state index < -0.39 is 62.2 Å². The molecule has 11 nitrogen and oxygen atoms in total. The highest BCUT2D eigenvalue weighted by Gasteiger charge is 2.37. The predicted molar refractivity (Wildman–Crippen MR) is 126 cm³/mol. The number of alkyl halides is 3. The molecule has 1 aliphatic rings. The van der Waals surface area contributed by atoms with Crippen molar-refractivity contribution in [3.8, 4) is 11.4 Å². The van der Waals surface area contributed by atoms with Crippen LogP contribution in [0, 0.1) is 0 Å². The molecule has 0 spiro atoms. The summed E-state index contributed by atoms with van der Waals surface area (Å²) >= 11 is 5.74. The van der Waals surface area contributed by atoms with E-state index in [0.717, 1.165) is 31.5 Å². The van der Waals surface area contributed by atoms with Gasteiger partial charge in [0.05, 0.1) is 40.4 Å². The molecule has 2 aromatic carbocycles. The van der Waals surface area contributed by atoms with Gasteiger partial charge in [-0.25, -0.2) is 9.59 Å². The lowest BCUT2D eigenvalue weighted by atomic mass is 10.1. The van der Waals surface area contributed by atoms with Crippen LogP contribution in [0.3, 0.4) is 0 Å². The first-order chi connectivity index (χ1) is 17.1. The number of halogens is 4. The van der Waals surface area contributed by atoms with E-state index in [4.69, 9.17) is 16.7 Å². The van der Waals surface area contributed by atoms with Crippen molar-refractivity contribution in [1.29, 1.82) is 0 Å². The molecule has 0 unspecified atom stereocenters. The molecule has 4 rings (SSSR count). The largest absolute Gasteiger partial charge is 0.511 e. The summed E-state index contributed by atoms with van der Waals surface area (Å²) in [5.41, 5.74) is -3.86. The molecule has 1 N–H and O–H groups in total. The number of nitrogens with zero attached hydrogens (tertiary/aromatic N) is 4. The van der Waals surface area contributed by atoms with Gasteiger partial charge in [-0.2, -0.15) is 21.6 Å². The van der Waals surface area contributed by atoms with Crippen LogP contribution in [0.4, 0.5) is 29.3 Å². The van der Waals surface area contributed by atoms with Gasteiger partial charge in [0.1, 0.15) is 0 Å². The van der Waals surface area contributed by atoms with E-state index in [1.54, 1.807) is 0 Å². The normalized spacial score (nSPS) is 14.5. The molecule has 2 heterocycles. The minimum Gasteiger partial charge on any atom is -0.449 e. The van der Waals surface area contributed by atoms with Gasteiger partial charge in [0.2, 0.25) is 5.75 Å². The molecule has 0 radical (unpaired) electrons. The van der Waals surface area contributed by atoms with Crippen LogP contribution in [0.25, 0.3) is 5.69 Å². The lowest BCUT2D eigenvalue weighted by Crippen LogP contribution is -2.40. The fraction of sp³-hybridized carbons (Fsp3) is 0.190. The molecular weight excluding hydrogens is 545 g/mol. The van der Waals surface area contributed by atoms with Gasteiger partial charge in [-0.1, -0.05) is 23.7 Å². The van der Waals surface area contributed by atoms with Crippen molar-refractivity contribution >= 4 is 39.3 Å². The molecule has 1 aliphatic heterocycles. The summed E-state index contributed by atoms with van der Waals surface area (Å²) < 4.78 is 73.4. The number of benzene rings is 2. The highest BCUT2D eigenvalue weighted by atomic mass is 35.5. The molecule has 0 saturated heterocycles. The van der Waals surface area contributed by atoms with Crippen molar-refractivity contribution in [3.63, 3.8) is 0 Å². The van der Waals surface area contributed by atoms with Crippen molar-refractivity contribution in [2.45, 2.75) is 12.7 Å². The van der Waals surface area contributed by atoms with E-state index in [9.17, 15) is 36.0 Å². The number of rotatable bonds is 4. The molecule has 3 aromatic rings. The molecule has 16 heteroatoms. The zero-order valence-corrected chi connectivity index (χ0v) is 20.4. The van der Waals surface area contributed by atoms with Crippen LogP contribution in [-0.2, 0) is 22.9 Å². The van der Waals surface area contributed by atoms with Crippen molar-refractivity contribution in [2.24, 2.45) is 0 Å². The van der Waals surface area contributed by atoms with Gasteiger partial charge in [-0.15, -0.1) is 0 Å². The Labute approximate surface area is 211 Å². The van der Waals surface area contributed by atoms with Crippen molar-refractivity contribution in [1.82, 2.24) is 9.13 Å². The molecule has 0 bridgehead atoms. The van der Waals surface area contributed by atoms with Crippen molar-refractivity contribution < 1.29 is 36.2 Å². The summed E-state index contributed by atoms with van der Waals surface area (Å²) in [4.78, 5) is 37.4. The van der Waals surface area contributed by atoms with Crippen LogP contribution in [0.2, 0.25) is 5.02 Å². The summed E-state index contributed by atoms with van der Waals surface area (Å²) in [6.45, 7) is -0.925. The Morgan fingerprint density at radius 2 is 1.73 bits per heavy atom. The molecule has 0 aliphatic carbocycles. The van der Waals surface area contributed by atoms with E-state index >= 15 is 0 Å². The van der Waals surface area contributed by atoms with E-state index in [1.165, 1.54) is 38.4 Å². The average molecular weight is 561 g/mol. The number of carbonyl (C=O) groups is 1. The number of hydrogen-bond donors (Lipinski definition) is 1. The van der Waals surface area contributed by atoms with Crippen LogP contribution >= 0.6 is 11.6 Å². The smallest absolute Gasteiger partial charge is 0.449 e. The Morgan fingerprint density at radius 3 is 2.35 bits per heavy atom. The standard InChI is InChI=1S/C21H16ClF3N4O7S/c1-26-14-7-6-12(8-15(14)27(2)37(26,34)35)28-10-16(36-20(32)33)18(30)29(19(28)31)9-11-4-3-5-13(22)17(11)21(23,24)25/h3-8,10H,9H2,1-2H3,(H,32,33). The number of carboxylic acid groups (broad SMARTS) is 1. The Kier molecular flexibility index (Phi) is 6.24. The highest BCUT2D eigenvalue weighted by molar-refractivity contribution is 7.94.